The standard InChI is InChI=1S/C10H18N4O2/c1-3-7(2)9(11)10(15)12-5-4-8-13-6-16-14-8/h6-7,9H,3-5,11H2,1-2H3,(H,12,15). The summed E-state index contributed by atoms with van der Waals surface area (Å²) in [6.45, 7) is 4.45. The van der Waals surface area contributed by atoms with Crippen molar-refractivity contribution >= 4 is 5.91 Å². The van der Waals surface area contributed by atoms with Crippen LogP contribution in [0.3, 0.4) is 0 Å². The van der Waals surface area contributed by atoms with Crippen molar-refractivity contribution in [2.45, 2.75) is 32.7 Å². The molecule has 2 atom stereocenters. The van der Waals surface area contributed by atoms with E-state index >= 15 is 0 Å². The van der Waals surface area contributed by atoms with Gasteiger partial charge in [-0.15, -0.1) is 0 Å². The van der Waals surface area contributed by atoms with E-state index in [0.29, 0.717) is 18.8 Å². The molecule has 0 saturated carbocycles. The molecule has 1 rings (SSSR count). The molecule has 3 N–H and O–H groups in total. The Labute approximate surface area is 94.6 Å². The minimum atomic E-state index is -0.449. The van der Waals surface area contributed by atoms with E-state index in [1.165, 1.54) is 6.39 Å². The van der Waals surface area contributed by atoms with E-state index in [2.05, 4.69) is 20.0 Å². The maximum Gasteiger partial charge on any atom is 0.237 e. The lowest BCUT2D eigenvalue weighted by Gasteiger charge is -2.17. The van der Waals surface area contributed by atoms with Crippen LogP contribution in [0.1, 0.15) is 26.1 Å². The molecule has 0 spiro atoms. The molecule has 2 unspecified atom stereocenters. The Balaban J connectivity index is 2.24. The normalized spacial score (nSPS) is 14.4. The molecule has 6 nitrogen and oxygen atoms in total. The first-order valence-corrected chi connectivity index (χ1v) is 5.43. The van der Waals surface area contributed by atoms with Gasteiger partial charge in [0.15, 0.2) is 5.82 Å². The number of nitrogens with two attached hydrogens (primary N) is 1. The van der Waals surface area contributed by atoms with Crippen LogP contribution < -0.4 is 11.1 Å². The van der Waals surface area contributed by atoms with Crippen molar-refractivity contribution in [1.82, 2.24) is 15.5 Å². The summed E-state index contributed by atoms with van der Waals surface area (Å²) in [5.74, 6) is 0.639. The van der Waals surface area contributed by atoms with E-state index in [0.717, 1.165) is 6.42 Å². The third kappa shape index (κ3) is 3.62. The minimum Gasteiger partial charge on any atom is -0.354 e. The van der Waals surface area contributed by atoms with Gasteiger partial charge in [-0.3, -0.25) is 4.79 Å². The van der Waals surface area contributed by atoms with Crippen molar-refractivity contribution in [3.05, 3.63) is 12.2 Å². The molecule has 0 aromatic carbocycles. The van der Waals surface area contributed by atoms with Crippen LogP contribution in [-0.2, 0) is 11.2 Å². The fourth-order valence-electron chi connectivity index (χ4n) is 1.23. The minimum absolute atomic E-state index is 0.127. The van der Waals surface area contributed by atoms with Gasteiger partial charge in [-0.25, -0.2) is 0 Å². The molecule has 0 aliphatic heterocycles. The summed E-state index contributed by atoms with van der Waals surface area (Å²) >= 11 is 0. The van der Waals surface area contributed by atoms with Crippen LogP contribution in [0.5, 0.6) is 0 Å². The van der Waals surface area contributed by atoms with Gasteiger partial charge in [-0.2, -0.15) is 4.98 Å². The number of carbonyl (C=O) groups is 1. The maximum absolute atomic E-state index is 11.6. The first-order valence-electron chi connectivity index (χ1n) is 5.43. The Morgan fingerprint density at radius 2 is 2.44 bits per heavy atom. The zero-order chi connectivity index (χ0) is 12.0. The van der Waals surface area contributed by atoms with Gasteiger partial charge in [-0.05, 0) is 5.92 Å². The number of amides is 1. The number of hydrogen-bond donors (Lipinski definition) is 2. The Morgan fingerprint density at radius 3 is 3.00 bits per heavy atom. The van der Waals surface area contributed by atoms with Gasteiger partial charge in [0.1, 0.15) is 0 Å². The van der Waals surface area contributed by atoms with Gasteiger partial charge >= 0.3 is 0 Å². The molecule has 0 radical (unpaired) electrons. The SMILES string of the molecule is CCC(C)C(N)C(=O)NCCc1ncon1. The third-order valence-electron chi connectivity index (χ3n) is 2.61. The van der Waals surface area contributed by atoms with E-state index in [4.69, 9.17) is 5.73 Å². The number of nitrogens with one attached hydrogen (secondary N) is 1. The third-order valence-corrected chi connectivity index (χ3v) is 2.61. The molecule has 16 heavy (non-hydrogen) atoms. The van der Waals surface area contributed by atoms with Crippen LogP contribution in [0.4, 0.5) is 0 Å². The lowest BCUT2D eigenvalue weighted by atomic mass is 9.99. The highest BCUT2D eigenvalue weighted by Crippen LogP contribution is 2.04. The molecule has 1 heterocycles. The average Bonchev–Trinajstić information content (AvgIpc) is 2.79. The number of carbonyl (C=O) groups excluding carboxylic acids is 1. The van der Waals surface area contributed by atoms with Gasteiger partial charge in [0, 0.05) is 13.0 Å². The molecular formula is C10H18N4O2. The molecule has 0 bridgehead atoms. The van der Waals surface area contributed by atoms with Crippen molar-refractivity contribution in [1.29, 1.82) is 0 Å². The first-order chi connectivity index (χ1) is 7.65. The Kier molecular flexibility index (Phi) is 4.91. The molecule has 0 saturated heterocycles. The fourth-order valence-corrected chi connectivity index (χ4v) is 1.23. The zero-order valence-electron chi connectivity index (χ0n) is 9.64. The predicted molar refractivity (Wildman–Crippen MR) is 58.4 cm³/mol. The number of aromatic nitrogens is 2. The van der Waals surface area contributed by atoms with E-state index < -0.39 is 6.04 Å². The van der Waals surface area contributed by atoms with Crippen LogP contribution in [-0.4, -0.2) is 28.6 Å². The highest BCUT2D eigenvalue weighted by molar-refractivity contribution is 5.81. The molecule has 0 fully saturated rings. The second-order valence-electron chi connectivity index (χ2n) is 3.80. The summed E-state index contributed by atoms with van der Waals surface area (Å²) in [5.41, 5.74) is 5.77. The molecule has 1 amide bonds. The largest absolute Gasteiger partial charge is 0.354 e. The molecule has 90 valence electrons. The van der Waals surface area contributed by atoms with Crippen LogP contribution in [0.2, 0.25) is 0 Å². The van der Waals surface area contributed by atoms with Crippen molar-refractivity contribution in [3.63, 3.8) is 0 Å². The average molecular weight is 226 g/mol. The predicted octanol–water partition coefficient (Wildman–Crippen LogP) is 0.102. The van der Waals surface area contributed by atoms with E-state index in [1.54, 1.807) is 0 Å². The smallest absolute Gasteiger partial charge is 0.237 e. The number of rotatable bonds is 6. The zero-order valence-corrected chi connectivity index (χ0v) is 9.64. The highest BCUT2D eigenvalue weighted by atomic mass is 16.5. The number of hydrogen-bond acceptors (Lipinski definition) is 5. The monoisotopic (exact) mass is 226 g/mol. The van der Waals surface area contributed by atoms with Crippen molar-refractivity contribution in [2.75, 3.05) is 6.54 Å². The van der Waals surface area contributed by atoms with Crippen molar-refractivity contribution in [3.8, 4) is 0 Å². The second-order valence-corrected chi connectivity index (χ2v) is 3.80. The van der Waals surface area contributed by atoms with E-state index in [1.807, 2.05) is 13.8 Å². The molecule has 1 aromatic heterocycles. The highest BCUT2D eigenvalue weighted by Gasteiger charge is 2.18. The number of nitrogens with zero attached hydrogens (tertiary/aromatic N) is 2. The lowest BCUT2D eigenvalue weighted by molar-refractivity contribution is -0.123. The fraction of sp³-hybridized carbons (Fsp3) is 0.700. The summed E-state index contributed by atoms with van der Waals surface area (Å²) in [5, 5.41) is 6.39. The summed E-state index contributed by atoms with van der Waals surface area (Å²) in [7, 11) is 0. The molecule has 0 aliphatic rings. The lowest BCUT2D eigenvalue weighted by Crippen LogP contribution is -2.45. The quantitative estimate of drug-likeness (QED) is 0.717. The molecular weight excluding hydrogens is 208 g/mol. The summed E-state index contributed by atoms with van der Waals surface area (Å²) < 4.78 is 4.58. The maximum atomic E-state index is 11.6. The molecule has 1 aromatic rings. The first kappa shape index (κ1) is 12.6. The van der Waals surface area contributed by atoms with Crippen LogP contribution >= 0.6 is 0 Å². The van der Waals surface area contributed by atoms with Gasteiger partial charge < -0.3 is 15.6 Å². The van der Waals surface area contributed by atoms with Crippen molar-refractivity contribution in [2.24, 2.45) is 11.7 Å². The second kappa shape index (κ2) is 6.22. The topological polar surface area (TPSA) is 94.0 Å². The van der Waals surface area contributed by atoms with Crippen LogP contribution in [0, 0.1) is 5.92 Å². The van der Waals surface area contributed by atoms with E-state index in [9.17, 15) is 4.79 Å². The Morgan fingerprint density at radius 1 is 1.69 bits per heavy atom. The molecule has 0 aliphatic carbocycles. The van der Waals surface area contributed by atoms with Gasteiger partial charge in [0.2, 0.25) is 12.3 Å². The summed E-state index contributed by atoms with van der Waals surface area (Å²) in [6.07, 6.45) is 2.71. The van der Waals surface area contributed by atoms with Gasteiger partial charge in [-0.1, -0.05) is 25.4 Å². The van der Waals surface area contributed by atoms with Crippen LogP contribution in [0.25, 0.3) is 0 Å². The Bertz CT molecular complexity index is 313. The summed E-state index contributed by atoms with van der Waals surface area (Å²) in [4.78, 5) is 15.4. The Hall–Kier alpha value is -1.43. The van der Waals surface area contributed by atoms with Crippen LogP contribution in [0.15, 0.2) is 10.9 Å². The van der Waals surface area contributed by atoms with Gasteiger partial charge in [0.25, 0.3) is 0 Å². The summed E-state index contributed by atoms with van der Waals surface area (Å²) in [6, 6.07) is -0.449. The van der Waals surface area contributed by atoms with Gasteiger partial charge in [0.05, 0.1) is 6.04 Å². The van der Waals surface area contributed by atoms with Crippen molar-refractivity contribution < 1.29 is 9.32 Å². The van der Waals surface area contributed by atoms with E-state index in [-0.39, 0.29) is 11.8 Å². The molecule has 6 heteroatoms.